The maximum atomic E-state index is 14.7. The van der Waals surface area contributed by atoms with Crippen molar-refractivity contribution < 1.29 is 90.0 Å². The number of pyridine rings is 2. The van der Waals surface area contributed by atoms with E-state index in [-0.39, 0.29) is 175 Å². The highest BCUT2D eigenvalue weighted by Crippen LogP contribution is 2.43. The van der Waals surface area contributed by atoms with Crippen molar-refractivity contribution in [3.63, 3.8) is 0 Å². The number of hydrogen-bond acceptors (Lipinski definition) is 25. The molecule has 0 aliphatic heterocycles. The number of thioether (sulfide) groups is 2. The summed E-state index contributed by atoms with van der Waals surface area (Å²) in [5.41, 5.74) is 13.8. The molecule has 690 valence electrons. The number of rotatable bonds is 38. The third-order valence-electron chi connectivity index (χ3n) is 22.2. The van der Waals surface area contributed by atoms with Crippen molar-refractivity contribution in [2.75, 3.05) is 98.4 Å². The van der Waals surface area contributed by atoms with Crippen LogP contribution in [0.15, 0.2) is 185 Å². The van der Waals surface area contributed by atoms with Gasteiger partial charge in [-0.1, -0.05) is 72.8 Å². The van der Waals surface area contributed by atoms with Gasteiger partial charge in [-0.05, 0) is 189 Å². The second-order valence-corrected chi connectivity index (χ2v) is 34.3. The summed E-state index contributed by atoms with van der Waals surface area (Å²) >= 11 is 5.02. The third kappa shape index (κ3) is 24.9. The number of nitrogens with one attached hydrogen (secondary N) is 5. The molecule has 8 aromatic carbocycles. The Morgan fingerprint density at radius 3 is 1.14 bits per heavy atom. The molecular weight excluding hydrogens is 1870 g/mol. The lowest BCUT2D eigenvalue weighted by Crippen LogP contribution is -2.16. The number of halogens is 6. The number of aromatic nitrogens is 14. The Morgan fingerprint density at radius 1 is 0.398 bits per heavy atom. The molecule has 2 saturated carbocycles. The van der Waals surface area contributed by atoms with Crippen LogP contribution in [0.1, 0.15) is 158 Å². The van der Waals surface area contributed by atoms with E-state index in [1.807, 2.05) is 67.1 Å². The van der Waals surface area contributed by atoms with E-state index in [1.165, 1.54) is 41.7 Å². The zero-order valence-electron chi connectivity index (χ0n) is 72.3. The number of aryl methyl sites for hydroxylation is 1. The summed E-state index contributed by atoms with van der Waals surface area (Å²) in [4.78, 5) is 60.3. The van der Waals surface area contributed by atoms with Crippen molar-refractivity contribution in [2.45, 2.75) is 92.3 Å². The molecule has 28 nitrogen and oxygen atoms in total. The molecule has 2 fully saturated rings. The molecule has 0 unspecified atom stereocenters. The molecule has 2 aliphatic carbocycles. The Kier molecular flexibility index (Phi) is 34.3. The molecule has 8 aromatic heterocycles. The normalized spacial score (nSPS) is 12.4. The van der Waals surface area contributed by atoms with E-state index in [1.54, 1.807) is 98.0 Å². The minimum absolute atomic E-state index is 0.0646. The number of aliphatic hydroxyl groups excluding tert-OH is 5. The number of ketones is 4. The summed E-state index contributed by atoms with van der Waals surface area (Å²) in [6, 6.07) is 36.9. The first-order chi connectivity index (χ1) is 64.8. The summed E-state index contributed by atoms with van der Waals surface area (Å²) in [7, 11) is 0. The van der Waals surface area contributed by atoms with Crippen LogP contribution in [0.3, 0.4) is 0 Å². The maximum absolute atomic E-state index is 14.7. The maximum Gasteiger partial charge on any atom is 0.248 e. The van der Waals surface area contributed by atoms with Gasteiger partial charge in [0.05, 0.1) is 111 Å². The number of hydrogen-bond donors (Lipinski definition) is 10. The number of carbonyl (C=O) groups is 4. The van der Waals surface area contributed by atoms with E-state index in [9.17, 15) is 41.1 Å². The van der Waals surface area contributed by atoms with Gasteiger partial charge < -0.3 is 48.9 Å². The molecule has 133 heavy (non-hydrogen) atoms. The fraction of sp³-hybridized carbons (Fsp3) is 0.289. The van der Waals surface area contributed by atoms with Gasteiger partial charge in [0.25, 0.3) is 0 Å². The van der Waals surface area contributed by atoms with Gasteiger partial charge in [-0.25, -0.2) is 22.0 Å². The average Bonchev–Trinajstić information content (AvgIpc) is 1.70. The number of Topliss-reactive ketones (excluding diaryl/α,β-unsaturated/α-hetero) is 4. The van der Waals surface area contributed by atoms with Crippen molar-refractivity contribution in [3.8, 4) is 11.5 Å². The first-order valence-corrected chi connectivity index (χ1v) is 46.2. The standard InChI is InChI=1S/C21H21FN2O3.C20H20FN3O3.C19H16FIN4O2.C19H19FN2O3S.C18H18FN3O3S/c22-19-10-14(13-1-2-13)3-4-15(19)9-18-17(20(26)12-27-8-7-25)6-5-16-11-23-24-21(16)18;21-17-8-13(12-1-2-12)3-4-14(17)7-16-19-15(10-23-24-19)9-22-20(16)18(26)11-27-6-5-25;20-16-9-13(21)5-3-11(16)8-15-14(6-4-12-10-22-24-18(12)15)19-25-23-17(27-19)2-1-7-26;1-26-14-4-2-12(17(20)9-14)8-16-15(18(24)11-25-7-6-23)5-3-13-10-21-22-19(13)16;1-26-13-3-2-11(15(19)7-13)6-14-17-12(9-21-22-17)8-20-18(14)16(24)10-25-5-4-23/h3-6,10-11,13,25H,1-2,7-9,12H2,(H,23,24);3-4,8-10,12,25H,1-2,5-7,11H2,(H,23,24);3-6,9-10,26H,1-2,7-8H2,(H,22,24);2-5,9-10,23H,6-8,11H2,1H3,(H,21,22);2-3,7-9,23H,4-6,10H2,1H3,(H,21,22). The molecule has 36 heteroatoms. The molecule has 16 aromatic rings. The van der Waals surface area contributed by atoms with Gasteiger partial charge in [0.15, 0.2) is 11.6 Å². The predicted octanol–water partition coefficient (Wildman–Crippen LogP) is 15.8. The Labute approximate surface area is 780 Å². The number of aliphatic hydroxyl groups is 5. The number of fused-ring (bicyclic) bond motifs is 5. The minimum Gasteiger partial charge on any atom is -0.421 e. The Balaban J connectivity index is 0.000000134. The SMILES string of the molecule is CSc1ccc(Cc2c(C(=O)COCCO)ccc3cn[nH]c23)c(F)c1.CSc1ccc(Cc2c(C(=O)COCCO)ncc3cn[nH]c23)c(F)c1.O=C(COCCO)c1ccc2cn[nH]c2c1Cc1ccc(C2CC2)cc1F.O=C(COCCO)c1ncc2cn[nH]c2c1Cc1ccc(C2CC2)cc1F.OCCCc1nnc(-c2ccc3cn[nH]c3c2Cc2ccc(I)cc2F)o1. The number of ether oxygens (including phenoxy) is 4. The second kappa shape index (κ2) is 47.0. The Morgan fingerprint density at radius 2 is 0.752 bits per heavy atom. The molecule has 10 N–H and O–H groups in total. The van der Waals surface area contributed by atoms with Crippen LogP contribution in [-0.4, -0.2) is 218 Å². The van der Waals surface area contributed by atoms with Crippen molar-refractivity contribution in [1.82, 2.24) is 71.2 Å². The molecule has 0 saturated heterocycles. The lowest BCUT2D eigenvalue weighted by molar-refractivity contribution is 0.0654. The van der Waals surface area contributed by atoms with E-state index < -0.39 is 0 Å². The largest absolute Gasteiger partial charge is 0.421 e. The van der Waals surface area contributed by atoms with Gasteiger partial charge in [0, 0.05) is 126 Å². The highest BCUT2D eigenvalue weighted by Gasteiger charge is 2.29. The summed E-state index contributed by atoms with van der Waals surface area (Å²) < 4.78 is 99.8. The van der Waals surface area contributed by atoms with Gasteiger partial charge in [-0.3, -0.25) is 54.6 Å². The number of carbonyl (C=O) groups excluding carboxylic acids is 4. The number of aromatic amines is 5. The van der Waals surface area contributed by atoms with Gasteiger partial charge in [-0.2, -0.15) is 25.5 Å². The Bertz CT molecular complexity index is 6450. The van der Waals surface area contributed by atoms with Crippen molar-refractivity contribution in [1.29, 1.82) is 0 Å². The van der Waals surface area contributed by atoms with Crippen LogP contribution in [0.2, 0.25) is 0 Å². The number of nitrogens with zero attached hydrogens (tertiary/aromatic N) is 9. The van der Waals surface area contributed by atoms with Crippen molar-refractivity contribution in [3.05, 3.63) is 299 Å². The fourth-order valence-corrected chi connectivity index (χ4v) is 16.4. The summed E-state index contributed by atoms with van der Waals surface area (Å²) in [5.74, 6) is -0.651. The first-order valence-electron chi connectivity index (χ1n) is 42.7. The minimum atomic E-state index is -0.330. The zero-order valence-corrected chi connectivity index (χ0v) is 76.1. The number of benzene rings is 8. The van der Waals surface area contributed by atoms with E-state index in [0.29, 0.717) is 121 Å². The van der Waals surface area contributed by atoms with Crippen molar-refractivity contribution in [2.24, 2.45) is 0 Å². The summed E-state index contributed by atoms with van der Waals surface area (Å²) in [6.45, 7) is -0.869. The Hall–Kier alpha value is -12.1. The second-order valence-electron chi connectivity index (χ2n) is 31.3. The average molecular weight is 1970 g/mol. The van der Waals surface area contributed by atoms with Crippen LogP contribution in [0.5, 0.6) is 0 Å². The molecule has 8 heterocycles. The monoisotopic (exact) mass is 1960 g/mol. The van der Waals surface area contributed by atoms with Crippen LogP contribution in [-0.2, 0) is 57.5 Å². The highest BCUT2D eigenvalue weighted by molar-refractivity contribution is 14.1. The molecule has 18 rings (SSSR count). The molecule has 0 atom stereocenters. The zero-order chi connectivity index (χ0) is 93.4. The van der Waals surface area contributed by atoms with Gasteiger partial charge in [0.1, 0.15) is 66.9 Å². The topological polar surface area (TPSA) is 414 Å². The summed E-state index contributed by atoms with van der Waals surface area (Å²) in [5, 5.41) is 91.3. The molecule has 0 radical (unpaired) electrons. The smallest absolute Gasteiger partial charge is 0.248 e. The van der Waals surface area contributed by atoms with Gasteiger partial charge >= 0.3 is 0 Å². The van der Waals surface area contributed by atoms with E-state index >= 15 is 0 Å². The van der Waals surface area contributed by atoms with Gasteiger partial charge in [0.2, 0.25) is 23.3 Å². The van der Waals surface area contributed by atoms with E-state index in [2.05, 4.69) is 93.7 Å². The van der Waals surface area contributed by atoms with Crippen molar-refractivity contribution >= 4 is 124 Å². The lowest BCUT2D eigenvalue weighted by Gasteiger charge is -2.12. The lowest BCUT2D eigenvalue weighted by atomic mass is 9.94. The van der Waals surface area contributed by atoms with Crippen LogP contribution >= 0.6 is 46.1 Å². The highest BCUT2D eigenvalue weighted by atomic mass is 127. The predicted molar refractivity (Wildman–Crippen MR) is 500 cm³/mol. The van der Waals surface area contributed by atoms with E-state index in [4.69, 9.17) is 48.9 Å². The molecule has 0 bridgehead atoms. The van der Waals surface area contributed by atoms with Crippen LogP contribution in [0.4, 0.5) is 22.0 Å². The molecular formula is C97H94F5IN14O14S2. The fourth-order valence-electron chi connectivity index (χ4n) is 15.1. The molecule has 0 amide bonds. The van der Waals surface area contributed by atoms with Crippen LogP contribution in [0, 0.1) is 32.7 Å². The quantitative estimate of drug-likeness (QED) is 0.00565. The van der Waals surface area contributed by atoms with E-state index in [0.717, 1.165) is 99.3 Å². The molecule has 0 spiro atoms. The number of H-pyrrole nitrogens is 5. The third-order valence-corrected chi connectivity index (χ3v) is 24.3. The van der Waals surface area contributed by atoms with Crippen LogP contribution in [0.25, 0.3) is 66.0 Å². The summed E-state index contributed by atoms with van der Waals surface area (Å²) in [6.07, 6.45) is 22.1. The first kappa shape index (κ1) is 97.0. The van der Waals surface area contributed by atoms with Gasteiger partial charge in [-0.15, -0.1) is 33.7 Å². The molecule has 2 aliphatic rings. The van der Waals surface area contributed by atoms with Crippen LogP contribution < -0.4 is 0 Å².